The number of carboxylic acid groups (broad SMARTS) is 1. The van der Waals surface area contributed by atoms with E-state index in [0.29, 0.717) is 41.9 Å². The highest BCUT2D eigenvalue weighted by Crippen LogP contribution is 2.34. The minimum absolute atomic E-state index is 0.0838. The van der Waals surface area contributed by atoms with Crippen LogP contribution in [0.3, 0.4) is 0 Å². The number of carboxylic acids is 1. The zero-order chi connectivity index (χ0) is 54.7. The molecule has 0 atom stereocenters. The average Bonchev–Trinajstić information content (AvgIpc) is 4.11. The summed E-state index contributed by atoms with van der Waals surface area (Å²) in [6.07, 6.45) is 0. The van der Waals surface area contributed by atoms with Gasteiger partial charge in [-0.15, -0.1) is 34.0 Å². The second-order valence-electron chi connectivity index (χ2n) is 16.0. The third-order valence-electron chi connectivity index (χ3n) is 10.4. The van der Waals surface area contributed by atoms with Crippen molar-refractivity contribution in [3.05, 3.63) is 174 Å². The molecule has 6 aromatic heterocycles. The minimum Gasteiger partial charge on any atom is -0.477 e. The number of aryl methyl sites for hydroxylation is 3. The Kier molecular flexibility index (Phi) is 18.1. The number of nitrogen functional groups attached to an aromatic ring is 1. The second-order valence-corrected chi connectivity index (χ2v) is 19.2. The number of fused-ring (bicyclic) bond motifs is 3. The Morgan fingerprint density at radius 3 is 1.31 bits per heavy atom. The SMILES string of the molecule is CNc1cc2oc(=O)c(C(=O)OC)cc2s1.COC(=O)c1cc2sc(N(C)C(=O)Nc3cccc(C)c3)cc2oc1=O.Cc1cccc(N)c1.Cc1cccc(NC(=O)N(C)c2cc3oc(=O)c(C(=O)O)cc3s2)c1. The lowest BCUT2D eigenvalue weighted by molar-refractivity contribution is 0.0587. The van der Waals surface area contributed by atoms with Crippen LogP contribution < -0.4 is 48.4 Å². The number of methoxy groups -OCH3 is 2. The van der Waals surface area contributed by atoms with E-state index >= 15 is 0 Å². The Labute approximate surface area is 438 Å². The first-order valence-electron chi connectivity index (χ1n) is 22.0. The standard InChI is InChI=1S/C18H16N2O5S.C17H14N2O5S.C10H9NO4S.C7H9N/c1-10-5-4-6-11(7-10)19-18(23)20(2)15-9-13-14(26-15)8-12(16(21)24-3)17(22)25-13;1-9-4-3-5-10(6-9)18-17(23)19(2)14-8-12-13(25-14)7-11(15(20)21)16(22)24-12;1-11-8-4-6-7(16-8)3-5(9(12)14-2)10(13)15-6;1-6-3-2-4-7(8)5-6/h4-9H,1-3H3,(H,19,23);3-8H,1-2H3,(H,18,23)(H,20,21);3-4,11H,1-2H3;2-5H,8H2,1H3. The maximum absolute atomic E-state index is 12.4. The first-order valence-corrected chi connectivity index (χ1v) is 24.5. The maximum Gasteiger partial charge on any atom is 0.351 e. The van der Waals surface area contributed by atoms with Crippen LogP contribution in [-0.4, -0.2) is 70.4 Å². The number of amides is 4. The van der Waals surface area contributed by atoms with E-state index < -0.39 is 40.3 Å². The molecule has 0 aliphatic rings. The largest absolute Gasteiger partial charge is 0.477 e. The highest BCUT2D eigenvalue weighted by molar-refractivity contribution is 7.23. The first kappa shape index (κ1) is 55.3. The van der Waals surface area contributed by atoms with Gasteiger partial charge in [0.1, 0.15) is 26.7 Å². The highest BCUT2D eigenvalue weighted by Gasteiger charge is 2.21. The molecule has 0 spiro atoms. The van der Waals surface area contributed by atoms with Crippen LogP contribution in [0.2, 0.25) is 0 Å². The number of nitrogens with zero attached hydrogens (tertiary/aromatic N) is 2. The molecule has 0 aliphatic heterocycles. The molecule has 0 bridgehead atoms. The van der Waals surface area contributed by atoms with Gasteiger partial charge in [0, 0.05) is 56.4 Å². The van der Waals surface area contributed by atoms with Gasteiger partial charge in [-0.2, -0.15) is 0 Å². The molecule has 4 amide bonds. The highest BCUT2D eigenvalue weighted by atomic mass is 32.1. The van der Waals surface area contributed by atoms with Crippen molar-refractivity contribution in [3.63, 3.8) is 0 Å². The van der Waals surface area contributed by atoms with Crippen LogP contribution in [0.5, 0.6) is 0 Å². The van der Waals surface area contributed by atoms with Gasteiger partial charge < -0.3 is 49.5 Å². The lowest BCUT2D eigenvalue weighted by atomic mass is 10.2. The monoisotopic (exact) mass is 1080 g/mol. The number of esters is 2. The zero-order valence-electron chi connectivity index (χ0n) is 41.3. The number of thiophene rings is 3. The third kappa shape index (κ3) is 14.1. The summed E-state index contributed by atoms with van der Waals surface area (Å²) in [5, 5.41) is 19.4. The molecule has 6 N–H and O–H groups in total. The molecule has 9 rings (SSSR count). The number of urea groups is 2. The topological polar surface area (TPSA) is 283 Å². The van der Waals surface area contributed by atoms with Crippen molar-refractivity contribution in [1.29, 1.82) is 0 Å². The molecule has 388 valence electrons. The summed E-state index contributed by atoms with van der Waals surface area (Å²) in [6.45, 7) is 5.88. The molecule has 0 saturated carbocycles. The molecular formula is C52H48N6O14S3. The van der Waals surface area contributed by atoms with Crippen molar-refractivity contribution in [2.24, 2.45) is 0 Å². The Bertz CT molecular complexity index is 3760. The minimum atomic E-state index is -1.35. The molecule has 0 unspecified atom stereocenters. The summed E-state index contributed by atoms with van der Waals surface area (Å²) in [5.74, 6) is -2.80. The molecule has 0 fully saturated rings. The lowest BCUT2D eigenvalue weighted by Crippen LogP contribution is -2.30. The van der Waals surface area contributed by atoms with Crippen molar-refractivity contribution >= 4 is 127 Å². The normalized spacial score (nSPS) is 10.4. The number of nitrogens with two attached hydrogens (primary N) is 1. The van der Waals surface area contributed by atoms with E-state index in [2.05, 4.69) is 25.4 Å². The number of carbonyl (C=O) groups is 5. The van der Waals surface area contributed by atoms with E-state index in [9.17, 15) is 38.4 Å². The van der Waals surface area contributed by atoms with E-state index in [1.165, 1.54) is 76.5 Å². The number of hydrogen-bond donors (Lipinski definition) is 5. The summed E-state index contributed by atoms with van der Waals surface area (Å²) in [7, 11) is 7.36. The molecule has 23 heteroatoms. The van der Waals surface area contributed by atoms with Crippen LogP contribution in [0.1, 0.15) is 47.8 Å². The molecule has 0 saturated heterocycles. The Hall–Kier alpha value is -9.06. The molecule has 3 aromatic carbocycles. The van der Waals surface area contributed by atoms with E-state index in [1.54, 1.807) is 45.4 Å². The van der Waals surface area contributed by atoms with E-state index in [0.717, 1.165) is 37.9 Å². The predicted octanol–water partition coefficient (Wildman–Crippen LogP) is 10.4. The fourth-order valence-electron chi connectivity index (χ4n) is 6.55. The summed E-state index contributed by atoms with van der Waals surface area (Å²) in [4.78, 5) is 96.4. The molecule has 0 radical (unpaired) electrons. The molecular weight excluding hydrogens is 1030 g/mol. The van der Waals surface area contributed by atoms with Gasteiger partial charge in [-0.1, -0.05) is 36.4 Å². The van der Waals surface area contributed by atoms with Crippen LogP contribution in [0.4, 0.5) is 41.7 Å². The molecule has 9 aromatic rings. The second kappa shape index (κ2) is 24.6. The Balaban J connectivity index is 0.000000174. The number of aromatic carboxylic acids is 1. The summed E-state index contributed by atoms with van der Waals surface area (Å²) in [6, 6.07) is 30.9. The lowest BCUT2D eigenvalue weighted by Gasteiger charge is -2.16. The third-order valence-corrected chi connectivity index (χ3v) is 13.7. The van der Waals surface area contributed by atoms with Crippen LogP contribution in [-0.2, 0) is 9.47 Å². The molecule has 75 heavy (non-hydrogen) atoms. The van der Waals surface area contributed by atoms with Gasteiger partial charge in [-0.05, 0) is 92.1 Å². The fourth-order valence-corrected chi connectivity index (χ4v) is 9.41. The predicted molar refractivity (Wildman–Crippen MR) is 293 cm³/mol. The molecule has 0 aliphatic carbocycles. The first-order chi connectivity index (χ1) is 35.7. The van der Waals surface area contributed by atoms with Crippen LogP contribution >= 0.6 is 34.0 Å². The molecule has 6 heterocycles. The van der Waals surface area contributed by atoms with Crippen molar-refractivity contribution in [2.45, 2.75) is 20.8 Å². The van der Waals surface area contributed by atoms with Crippen LogP contribution in [0.15, 0.2) is 137 Å². The smallest absolute Gasteiger partial charge is 0.351 e. The van der Waals surface area contributed by atoms with Crippen LogP contribution in [0.25, 0.3) is 30.8 Å². The number of ether oxygens (including phenoxy) is 2. The van der Waals surface area contributed by atoms with Gasteiger partial charge in [0.2, 0.25) is 0 Å². The Morgan fingerprint density at radius 1 is 0.547 bits per heavy atom. The van der Waals surface area contributed by atoms with Gasteiger partial charge in [0.05, 0.1) is 33.3 Å². The number of rotatable bonds is 8. The zero-order valence-corrected chi connectivity index (χ0v) is 43.8. The van der Waals surface area contributed by atoms with Gasteiger partial charge >= 0.3 is 46.8 Å². The van der Waals surface area contributed by atoms with Crippen molar-refractivity contribution < 1.29 is 51.8 Å². The number of carbonyl (C=O) groups excluding carboxylic acids is 4. The van der Waals surface area contributed by atoms with Gasteiger partial charge in [-0.25, -0.2) is 38.4 Å². The van der Waals surface area contributed by atoms with E-state index in [1.807, 2.05) is 81.4 Å². The number of hydrogen-bond acceptors (Lipinski definition) is 18. The van der Waals surface area contributed by atoms with Crippen molar-refractivity contribution in [1.82, 2.24) is 0 Å². The van der Waals surface area contributed by atoms with Gasteiger partial charge in [-0.3, -0.25) is 9.80 Å². The van der Waals surface area contributed by atoms with E-state index in [-0.39, 0.29) is 28.8 Å². The summed E-state index contributed by atoms with van der Waals surface area (Å²) >= 11 is 3.78. The summed E-state index contributed by atoms with van der Waals surface area (Å²) < 4.78 is 26.0. The fraction of sp³-hybridized carbons (Fsp3) is 0.154. The average molecular weight is 1080 g/mol. The van der Waals surface area contributed by atoms with Crippen molar-refractivity contribution in [3.8, 4) is 0 Å². The summed E-state index contributed by atoms with van der Waals surface area (Å²) in [5.41, 5.74) is 8.84. The van der Waals surface area contributed by atoms with Gasteiger partial charge in [0.25, 0.3) is 0 Å². The maximum atomic E-state index is 12.4. The van der Waals surface area contributed by atoms with Crippen molar-refractivity contribution in [2.75, 3.05) is 66.8 Å². The number of benzene rings is 3. The molecule has 20 nitrogen and oxygen atoms in total. The van der Waals surface area contributed by atoms with Crippen LogP contribution in [0, 0.1) is 20.8 Å². The number of nitrogens with one attached hydrogen (secondary N) is 3. The van der Waals surface area contributed by atoms with E-state index in [4.69, 9.17) is 24.1 Å². The quantitative estimate of drug-likeness (QED) is 0.0698. The van der Waals surface area contributed by atoms with Gasteiger partial charge in [0.15, 0.2) is 16.7 Å². The number of anilines is 6. The Morgan fingerprint density at radius 2 is 0.933 bits per heavy atom.